The molecule has 0 heterocycles. The van der Waals surface area contributed by atoms with Crippen molar-refractivity contribution in [3.63, 3.8) is 0 Å². The van der Waals surface area contributed by atoms with Crippen LogP contribution in [0.25, 0.3) is 0 Å². The molecule has 14 heavy (non-hydrogen) atoms. The van der Waals surface area contributed by atoms with Crippen LogP contribution in [0.3, 0.4) is 0 Å². The van der Waals surface area contributed by atoms with Crippen LogP contribution in [0.4, 0.5) is 0 Å². The highest BCUT2D eigenvalue weighted by molar-refractivity contribution is 5.42. The van der Waals surface area contributed by atoms with Gasteiger partial charge in [0.15, 0.2) is 0 Å². The number of ether oxygens (including phenoxy) is 1. The van der Waals surface area contributed by atoms with Gasteiger partial charge >= 0.3 is 0 Å². The third-order valence-electron chi connectivity index (χ3n) is 2.84. The lowest BCUT2D eigenvalue weighted by molar-refractivity contribution is 0.403. The zero-order valence-electron chi connectivity index (χ0n) is 8.29. The standard InChI is InChI=1S/C12H13NO/c1-14-12-4-2-3-10-7-9(8-13)5-6-11(10)12/h2-4,9H,5-7H2,1H3. The number of hydrogen-bond acceptors (Lipinski definition) is 2. The van der Waals surface area contributed by atoms with Gasteiger partial charge in [0.2, 0.25) is 0 Å². The smallest absolute Gasteiger partial charge is 0.122 e. The van der Waals surface area contributed by atoms with E-state index in [-0.39, 0.29) is 5.92 Å². The van der Waals surface area contributed by atoms with E-state index >= 15 is 0 Å². The van der Waals surface area contributed by atoms with Gasteiger partial charge in [0.05, 0.1) is 19.1 Å². The highest BCUT2D eigenvalue weighted by Crippen LogP contribution is 2.31. The number of rotatable bonds is 1. The van der Waals surface area contributed by atoms with Crippen molar-refractivity contribution in [3.05, 3.63) is 29.3 Å². The molecule has 2 rings (SSSR count). The van der Waals surface area contributed by atoms with Gasteiger partial charge in [0.1, 0.15) is 5.75 Å². The van der Waals surface area contributed by atoms with Gasteiger partial charge in [-0.05, 0) is 36.5 Å². The predicted molar refractivity (Wildman–Crippen MR) is 54.1 cm³/mol. The number of methoxy groups -OCH3 is 1. The molecular weight excluding hydrogens is 174 g/mol. The summed E-state index contributed by atoms with van der Waals surface area (Å²) in [6.45, 7) is 0. The molecule has 0 bridgehead atoms. The monoisotopic (exact) mass is 187 g/mol. The number of benzene rings is 1. The van der Waals surface area contributed by atoms with Crippen molar-refractivity contribution >= 4 is 0 Å². The molecule has 2 heteroatoms. The van der Waals surface area contributed by atoms with Crippen molar-refractivity contribution < 1.29 is 4.74 Å². The van der Waals surface area contributed by atoms with E-state index in [1.807, 2.05) is 12.1 Å². The Morgan fingerprint density at radius 1 is 1.50 bits per heavy atom. The SMILES string of the molecule is COc1cccc2c1CCC(C#N)C2. The second-order valence-corrected chi connectivity index (χ2v) is 3.67. The maximum Gasteiger partial charge on any atom is 0.122 e. The summed E-state index contributed by atoms with van der Waals surface area (Å²) < 4.78 is 5.30. The zero-order chi connectivity index (χ0) is 9.97. The van der Waals surface area contributed by atoms with Crippen molar-refractivity contribution in [2.45, 2.75) is 19.3 Å². The molecule has 1 unspecified atom stereocenters. The average Bonchev–Trinajstić information content (AvgIpc) is 2.27. The van der Waals surface area contributed by atoms with E-state index in [1.165, 1.54) is 11.1 Å². The minimum Gasteiger partial charge on any atom is -0.496 e. The minimum atomic E-state index is 0.189. The molecule has 0 radical (unpaired) electrons. The Morgan fingerprint density at radius 2 is 2.36 bits per heavy atom. The van der Waals surface area contributed by atoms with Gasteiger partial charge < -0.3 is 4.74 Å². The quantitative estimate of drug-likeness (QED) is 0.676. The molecule has 0 saturated heterocycles. The predicted octanol–water partition coefficient (Wildman–Crippen LogP) is 2.32. The Labute approximate surface area is 84.1 Å². The van der Waals surface area contributed by atoms with Crippen molar-refractivity contribution in [1.82, 2.24) is 0 Å². The van der Waals surface area contributed by atoms with E-state index in [0.717, 1.165) is 25.0 Å². The number of nitriles is 1. The van der Waals surface area contributed by atoms with E-state index in [9.17, 15) is 0 Å². The van der Waals surface area contributed by atoms with Gasteiger partial charge in [-0.15, -0.1) is 0 Å². The van der Waals surface area contributed by atoms with Crippen LogP contribution in [0.2, 0.25) is 0 Å². The van der Waals surface area contributed by atoms with Gasteiger partial charge in [-0.25, -0.2) is 0 Å². The molecule has 2 nitrogen and oxygen atoms in total. The van der Waals surface area contributed by atoms with Crippen LogP contribution in [0, 0.1) is 17.2 Å². The van der Waals surface area contributed by atoms with Crippen LogP contribution in [-0.2, 0) is 12.8 Å². The van der Waals surface area contributed by atoms with Crippen LogP contribution >= 0.6 is 0 Å². The van der Waals surface area contributed by atoms with Crippen LogP contribution in [-0.4, -0.2) is 7.11 Å². The van der Waals surface area contributed by atoms with E-state index in [2.05, 4.69) is 12.1 Å². The van der Waals surface area contributed by atoms with E-state index < -0.39 is 0 Å². The van der Waals surface area contributed by atoms with Crippen molar-refractivity contribution in [2.75, 3.05) is 7.11 Å². The first-order valence-electron chi connectivity index (χ1n) is 4.89. The molecular formula is C12H13NO. The minimum absolute atomic E-state index is 0.189. The molecule has 1 aromatic carbocycles. The summed E-state index contributed by atoms with van der Waals surface area (Å²) >= 11 is 0. The summed E-state index contributed by atoms with van der Waals surface area (Å²) in [7, 11) is 1.70. The molecule has 0 aromatic heterocycles. The van der Waals surface area contributed by atoms with Crippen LogP contribution in [0.15, 0.2) is 18.2 Å². The normalized spacial score (nSPS) is 19.6. The van der Waals surface area contributed by atoms with Gasteiger partial charge in [0, 0.05) is 0 Å². The van der Waals surface area contributed by atoms with Gasteiger partial charge in [-0.1, -0.05) is 12.1 Å². The summed E-state index contributed by atoms with van der Waals surface area (Å²) in [5.74, 6) is 1.16. The average molecular weight is 187 g/mol. The Bertz CT molecular complexity index is 378. The fraction of sp³-hybridized carbons (Fsp3) is 0.417. The lowest BCUT2D eigenvalue weighted by atomic mass is 9.84. The molecule has 0 saturated carbocycles. The molecule has 1 atom stereocenters. The Kier molecular flexibility index (Phi) is 2.41. The Morgan fingerprint density at radius 3 is 3.07 bits per heavy atom. The maximum absolute atomic E-state index is 8.86. The lowest BCUT2D eigenvalue weighted by Crippen LogP contribution is -2.13. The van der Waals surface area contributed by atoms with Crippen LogP contribution in [0.1, 0.15) is 17.5 Å². The molecule has 1 aromatic rings. The first-order valence-corrected chi connectivity index (χ1v) is 4.89. The third-order valence-corrected chi connectivity index (χ3v) is 2.84. The van der Waals surface area contributed by atoms with Gasteiger partial charge in [0.25, 0.3) is 0 Å². The van der Waals surface area contributed by atoms with Crippen molar-refractivity contribution in [2.24, 2.45) is 5.92 Å². The van der Waals surface area contributed by atoms with Gasteiger partial charge in [-0.2, -0.15) is 5.26 Å². The summed E-state index contributed by atoms with van der Waals surface area (Å²) in [5, 5.41) is 8.86. The van der Waals surface area contributed by atoms with Crippen LogP contribution < -0.4 is 4.74 Å². The third kappa shape index (κ3) is 1.46. The topological polar surface area (TPSA) is 33.0 Å². The molecule has 0 spiro atoms. The molecule has 0 fully saturated rings. The number of hydrogen-bond donors (Lipinski definition) is 0. The second-order valence-electron chi connectivity index (χ2n) is 3.67. The molecule has 1 aliphatic rings. The molecule has 0 N–H and O–H groups in total. The first kappa shape index (κ1) is 9.08. The first-order chi connectivity index (χ1) is 6.85. The van der Waals surface area contributed by atoms with Crippen molar-refractivity contribution in [1.29, 1.82) is 5.26 Å². The molecule has 0 aliphatic heterocycles. The van der Waals surface area contributed by atoms with Crippen LogP contribution in [0.5, 0.6) is 5.75 Å². The lowest BCUT2D eigenvalue weighted by Gasteiger charge is -2.21. The molecule has 0 amide bonds. The number of fused-ring (bicyclic) bond motifs is 1. The van der Waals surface area contributed by atoms with E-state index in [0.29, 0.717) is 0 Å². The van der Waals surface area contributed by atoms with E-state index in [4.69, 9.17) is 10.00 Å². The summed E-state index contributed by atoms with van der Waals surface area (Å²) in [6.07, 6.45) is 2.81. The fourth-order valence-corrected chi connectivity index (χ4v) is 2.07. The fourth-order valence-electron chi connectivity index (χ4n) is 2.07. The molecule has 1 aliphatic carbocycles. The van der Waals surface area contributed by atoms with Gasteiger partial charge in [-0.3, -0.25) is 0 Å². The summed E-state index contributed by atoms with van der Waals surface area (Å²) in [5.41, 5.74) is 2.57. The summed E-state index contributed by atoms with van der Waals surface area (Å²) in [4.78, 5) is 0. The van der Waals surface area contributed by atoms with E-state index in [1.54, 1.807) is 7.11 Å². The maximum atomic E-state index is 8.86. The Hall–Kier alpha value is -1.49. The Balaban J connectivity index is 2.36. The second kappa shape index (κ2) is 3.71. The highest BCUT2D eigenvalue weighted by atomic mass is 16.5. The largest absolute Gasteiger partial charge is 0.496 e. The zero-order valence-corrected chi connectivity index (χ0v) is 8.29. The van der Waals surface area contributed by atoms with Crippen molar-refractivity contribution in [3.8, 4) is 11.8 Å². The summed E-state index contributed by atoms with van der Waals surface area (Å²) in [6, 6.07) is 8.43. The highest BCUT2D eigenvalue weighted by Gasteiger charge is 2.20. The number of nitrogens with zero attached hydrogens (tertiary/aromatic N) is 1. The molecule has 72 valence electrons.